The van der Waals surface area contributed by atoms with Crippen LogP contribution in [-0.4, -0.2) is 12.6 Å². The highest BCUT2D eigenvalue weighted by Crippen LogP contribution is 1.68. The van der Waals surface area contributed by atoms with Gasteiger partial charge in [-0.2, -0.15) is 0 Å². The second kappa shape index (κ2) is 5.11. The van der Waals surface area contributed by atoms with Crippen LogP contribution in [0.5, 0.6) is 0 Å². The minimum Gasteiger partial charge on any atom is -0.354 e. The first kappa shape index (κ1) is 7.97. The Kier molecular flexibility index (Phi) is 4.53. The molecule has 0 aliphatic rings. The number of carbonyl (C=O) groups excluding carboxylic acids is 1. The molecule has 0 aromatic heterocycles. The van der Waals surface area contributed by atoms with E-state index in [-0.39, 0.29) is 0 Å². The molecule has 0 fully saturated rings. The molecule has 0 heterocycles. The van der Waals surface area contributed by atoms with Crippen molar-refractivity contribution in [3.05, 3.63) is 12.2 Å². The molecular formula is C5H10N2O2. The van der Waals surface area contributed by atoms with Crippen molar-refractivity contribution >= 4 is 6.09 Å². The number of hydrogen-bond acceptors (Lipinski definition) is 3. The van der Waals surface area contributed by atoms with Gasteiger partial charge in [-0.1, -0.05) is 12.2 Å². The highest BCUT2D eigenvalue weighted by Gasteiger charge is 1.86. The average molecular weight is 130 g/mol. The second-order valence-electron chi connectivity index (χ2n) is 1.34. The largest absolute Gasteiger partial charge is 0.423 e. The molecule has 4 heteroatoms. The molecule has 3 N–H and O–H groups in total. The second-order valence-corrected chi connectivity index (χ2v) is 1.34. The highest BCUT2D eigenvalue weighted by molar-refractivity contribution is 5.64. The summed E-state index contributed by atoms with van der Waals surface area (Å²) in [6.07, 6.45) is 2.81. The molecule has 0 aliphatic carbocycles. The van der Waals surface area contributed by atoms with Crippen molar-refractivity contribution < 1.29 is 9.63 Å². The lowest BCUT2D eigenvalue weighted by atomic mass is 10.5. The summed E-state index contributed by atoms with van der Waals surface area (Å²) >= 11 is 0. The van der Waals surface area contributed by atoms with Crippen LogP contribution in [0, 0.1) is 0 Å². The normalized spacial score (nSPS) is 9.89. The third-order valence-corrected chi connectivity index (χ3v) is 0.610. The highest BCUT2D eigenvalue weighted by atomic mass is 16.7. The van der Waals surface area contributed by atoms with E-state index in [2.05, 4.69) is 16.1 Å². The van der Waals surface area contributed by atoms with E-state index < -0.39 is 6.09 Å². The zero-order chi connectivity index (χ0) is 7.11. The first-order valence-corrected chi connectivity index (χ1v) is 2.57. The number of hydroxylamine groups is 1. The van der Waals surface area contributed by atoms with Crippen LogP contribution in [0.3, 0.4) is 0 Å². The third kappa shape index (κ3) is 6.97. The van der Waals surface area contributed by atoms with Gasteiger partial charge in [0.2, 0.25) is 0 Å². The molecule has 0 radical (unpaired) electrons. The van der Waals surface area contributed by atoms with Crippen molar-refractivity contribution in [2.45, 2.75) is 6.92 Å². The van der Waals surface area contributed by atoms with Crippen LogP contribution in [0.4, 0.5) is 4.79 Å². The van der Waals surface area contributed by atoms with Crippen molar-refractivity contribution in [3.8, 4) is 0 Å². The topological polar surface area (TPSA) is 64.3 Å². The molecule has 0 saturated heterocycles. The van der Waals surface area contributed by atoms with Gasteiger partial charge in [0, 0.05) is 6.54 Å². The summed E-state index contributed by atoms with van der Waals surface area (Å²) in [6.45, 7) is 2.35. The summed E-state index contributed by atoms with van der Waals surface area (Å²) in [7, 11) is 0. The van der Waals surface area contributed by atoms with Gasteiger partial charge >= 0.3 is 6.09 Å². The molecule has 0 atom stereocenters. The van der Waals surface area contributed by atoms with Crippen LogP contribution in [0.1, 0.15) is 6.92 Å². The summed E-state index contributed by atoms with van der Waals surface area (Å²) < 4.78 is 0. The van der Waals surface area contributed by atoms with Crippen LogP contribution >= 0.6 is 0 Å². The van der Waals surface area contributed by atoms with Crippen LogP contribution in [-0.2, 0) is 4.84 Å². The number of amides is 1. The predicted octanol–water partition coefficient (Wildman–Crippen LogP) is 0.162. The Balaban J connectivity index is 3.01. The first-order chi connectivity index (χ1) is 4.27. The zero-order valence-corrected chi connectivity index (χ0v) is 5.26. The van der Waals surface area contributed by atoms with E-state index in [1.54, 1.807) is 6.08 Å². The summed E-state index contributed by atoms with van der Waals surface area (Å²) in [5.41, 5.74) is 6.95. The first-order valence-electron chi connectivity index (χ1n) is 2.57. The fourth-order valence-corrected chi connectivity index (χ4v) is 0.279. The number of rotatable bonds is 3. The van der Waals surface area contributed by atoms with Gasteiger partial charge in [-0.25, -0.2) is 4.79 Å². The number of hydrogen-bond donors (Lipinski definition) is 2. The van der Waals surface area contributed by atoms with Crippen LogP contribution in [0.2, 0.25) is 0 Å². The van der Waals surface area contributed by atoms with Crippen LogP contribution in [0.15, 0.2) is 12.2 Å². The molecular weight excluding hydrogens is 120 g/mol. The minimum atomic E-state index is -0.820. The van der Waals surface area contributed by atoms with Crippen LogP contribution < -0.4 is 11.2 Å². The van der Waals surface area contributed by atoms with Gasteiger partial charge in [0.1, 0.15) is 0 Å². The van der Waals surface area contributed by atoms with E-state index in [4.69, 9.17) is 0 Å². The smallest absolute Gasteiger partial charge is 0.354 e. The number of nitrogens with two attached hydrogens (primary N) is 1. The Labute approximate surface area is 53.6 Å². The predicted molar refractivity (Wildman–Crippen MR) is 33.5 cm³/mol. The van der Waals surface area contributed by atoms with Gasteiger partial charge < -0.3 is 10.6 Å². The molecule has 52 valence electrons. The standard InChI is InChI=1S/C5H10N2O2/c1-2-3-4-7-9-5(6)8/h2-3,7H,4H2,1H3,(H2,6,8)/b3-2-. The Morgan fingerprint density at radius 2 is 2.56 bits per heavy atom. The summed E-state index contributed by atoms with van der Waals surface area (Å²) in [6, 6.07) is 0. The fourth-order valence-electron chi connectivity index (χ4n) is 0.279. The van der Waals surface area contributed by atoms with E-state index in [0.717, 1.165) is 0 Å². The van der Waals surface area contributed by atoms with Gasteiger partial charge in [0.05, 0.1) is 0 Å². The van der Waals surface area contributed by atoms with Gasteiger partial charge in [0.15, 0.2) is 0 Å². The van der Waals surface area contributed by atoms with Crippen LogP contribution in [0.25, 0.3) is 0 Å². The lowest BCUT2D eigenvalue weighted by Gasteiger charge is -1.96. The molecule has 0 saturated carbocycles. The van der Waals surface area contributed by atoms with E-state index in [1.165, 1.54) is 0 Å². The van der Waals surface area contributed by atoms with Gasteiger partial charge in [0.25, 0.3) is 0 Å². The zero-order valence-electron chi connectivity index (χ0n) is 5.26. The average Bonchev–Trinajstić information content (AvgIpc) is 1.80. The van der Waals surface area contributed by atoms with Gasteiger partial charge in [-0.3, -0.25) is 0 Å². The van der Waals surface area contributed by atoms with Gasteiger partial charge in [-0.05, 0) is 6.92 Å². The molecule has 1 amide bonds. The number of primary amides is 1. The fraction of sp³-hybridized carbons (Fsp3) is 0.400. The Morgan fingerprint density at radius 1 is 1.89 bits per heavy atom. The summed E-state index contributed by atoms with van der Waals surface area (Å²) in [5.74, 6) is 0. The van der Waals surface area contributed by atoms with E-state index in [0.29, 0.717) is 6.54 Å². The molecule has 0 aromatic carbocycles. The number of allylic oxidation sites excluding steroid dienone is 1. The van der Waals surface area contributed by atoms with Gasteiger partial charge in [-0.15, -0.1) is 5.48 Å². The van der Waals surface area contributed by atoms with E-state index >= 15 is 0 Å². The maximum atomic E-state index is 9.88. The molecule has 0 rings (SSSR count). The van der Waals surface area contributed by atoms with Crippen molar-refractivity contribution in [3.63, 3.8) is 0 Å². The maximum Gasteiger partial charge on any atom is 0.423 e. The van der Waals surface area contributed by atoms with Crippen molar-refractivity contribution in [1.82, 2.24) is 5.48 Å². The monoisotopic (exact) mass is 130 g/mol. The number of nitrogens with one attached hydrogen (secondary N) is 1. The molecule has 0 spiro atoms. The third-order valence-electron chi connectivity index (χ3n) is 0.610. The summed E-state index contributed by atoms with van der Waals surface area (Å²) in [5, 5.41) is 0. The van der Waals surface area contributed by atoms with Crippen molar-refractivity contribution in [2.24, 2.45) is 5.73 Å². The summed E-state index contributed by atoms with van der Waals surface area (Å²) in [4.78, 5) is 14.1. The quantitative estimate of drug-likeness (QED) is 0.325. The molecule has 0 aromatic rings. The molecule has 0 bridgehead atoms. The molecule has 9 heavy (non-hydrogen) atoms. The lowest BCUT2D eigenvalue weighted by Crippen LogP contribution is -2.24. The van der Waals surface area contributed by atoms with E-state index in [9.17, 15) is 4.79 Å². The minimum absolute atomic E-state index is 0.486. The Hall–Kier alpha value is -1.03. The van der Waals surface area contributed by atoms with Crippen molar-refractivity contribution in [1.29, 1.82) is 0 Å². The Bertz CT molecular complexity index is 112. The molecule has 0 aliphatic heterocycles. The lowest BCUT2D eigenvalue weighted by molar-refractivity contribution is 0.105. The van der Waals surface area contributed by atoms with E-state index in [1.807, 2.05) is 13.0 Å². The Morgan fingerprint density at radius 3 is 3.00 bits per heavy atom. The maximum absolute atomic E-state index is 9.88. The van der Waals surface area contributed by atoms with Crippen molar-refractivity contribution in [2.75, 3.05) is 6.54 Å². The number of carbonyl (C=O) groups is 1. The SMILES string of the molecule is C/C=C\CNOC(N)=O. The molecule has 4 nitrogen and oxygen atoms in total. The molecule has 0 unspecified atom stereocenters.